The van der Waals surface area contributed by atoms with Gasteiger partial charge in [-0.25, -0.2) is 8.42 Å². The number of sulfonamides is 1. The van der Waals surface area contributed by atoms with Crippen molar-refractivity contribution in [3.63, 3.8) is 0 Å². The third-order valence-electron chi connectivity index (χ3n) is 2.88. The molecule has 1 heterocycles. The maximum Gasteiger partial charge on any atom is 0.240 e. The minimum atomic E-state index is -3.18. The zero-order valence-corrected chi connectivity index (χ0v) is 10.9. The van der Waals surface area contributed by atoms with Gasteiger partial charge in [-0.15, -0.1) is 0 Å². The second kappa shape index (κ2) is 5.47. The Morgan fingerprint density at radius 3 is 2.24 bits per heavy atom. The zero-order chi connectivity index (χ0) is 13.1. The number of hydrogen-bond donors (Lipinski definition) is 0. The van der Waals surface area contributed by atoms with Crippen LogP contribution in [0.15, 0.2) is 0 Å². The van der Waals surface area contributed by atoms with E-state index < -0.39 is 15.9 Å². The molecule has 1 atom stereocenters. The van der Waals surface area contributed by atoms with Crippen molar-refractivity contribution >= 4 is 15.9 Å². The van der Waals surface area contributed by atoms with Crippen LogP contribution < -0.4 is 0 Å². The van der Waals surface area contributed by atoms with Gasteiger partial charge in [-0.05, 0) is 6.42 Å². The van der Waals surface area contributed by atoms with Crippen molar-refractivity contribution in [3.8, 4) is 6.07 Å². The van der Waals surface area contributed by atoms with E-state index in [9.17, 15) is 13.2 Å². The average Bonchev–Trinajstić information content (AvgIpc) is 2.29. The van der Waals surface area contributed by atoms with Gasteiger partial charge in [0.05, 0.1) is 12.3 Å². The van der Waals surface area contributed by atoms with Crippen LogP contribution in [-0.4, -0.2) is 56.0 Å². The number of carbonyl (C=O) groups excluding carboxylic acids is 1. The molecule has 6 nitrogen and oxygen atoms in total. The van der Waals surface area contributed by atoms with Gasteiger partial charge < -0.3 is 4.90 Å². The maximum absolute atomic E-state index is 11.9. The first-order valence-electron chi connectivity index (χ1n) is 5.53. The first-order valence-corrected chi connectivity index (χ1v) is 7.38. The quantitative estimate of drug-likeness (QED) is 0.693. The summed E-state index contributed by atoms with van der Waals surface area (Å²) in [5.41, 5.74) is 0. The summed E-state index contributed by atoms with van der Waals surface area (Å²) < 4.78 is 23.9. The number of nitrogens with zero attached hydrogens (tertiary/aromatic N) is 3. The molecule has 7 heteroatoms. The first kappa shape index (κ1) is 13.9. The van der Waals surface area contributed by atoms with Crippen LogP contribution in [0.5, 0.6) is 0 Å². The van der Waals surface area contributed by atoms with Crippen LogP contribution in [0.3, 0.4) is 0 Å². The molecule has 1 aliphatic rings. The average molecular weight is 259 g/mol. The van der Waals surface area contributed by atoms with Gasteiger partial charge in [0, 0.05) is 26.2 Å². The Balaban J connectivity index is 2.59. The number of carbonyl (C=O) groups is 1. The van der Waals surface area contributed by atoms with E-state index in [0.29, 0.717) is 32.6 Å². The van der Waals surface area contributed by atoms with E-state index in [1.54, 1.807) is 11.8 Å². The molecule has 0 aliphatic carbocycles. The fourth-order valence-electron chi connectivity index (χ4n) is 1.78. The highest BCUT2D eigenvalue weighted by Crippen LogP contribution is 2.11. The highest BCUT2D eigenvalue weighted by Gasteiger charge is 2.29. The molecule has 96 valence electrons. The van der Waals surface area contributed by atoms with E-state index in [-0.39, 0.29) is 5.91 Å². The predicted octanol–water partition coefficient (Wildman–Crippen LogP) is -0.360. The zero-order valence-electron chi connectivity index (χ0n) is 10.1. The number of amides is 1. The Morgan fingerprint density at radius 2 is 1.88 bits per heavy atom. The lowest BCUT2D eigenvalue weighted by Gasteiger charge is -2.34. The van der Waals surface area contributed by atoms with E-state index in [1.165, 1.54) is 4.31 Å². The fourth-order valence-corrected chi connectivity index (χ4v) is 2.61. The summed E-state index contributed by atoms with van der Waals surface area (Å²) in [7, 11) is -3.18. The maximum atomic E-state index is 11.9. The molecule has 0 N–H and O–H groups in total. The van der Waals surface area contributed by atoms with Gasteiger partial charge in [-0.2, -0.15) is 9.57 Å². The Hall–Kier alpha value is -1.13. The fraction of sp³-hybridized carbons (Fsp3) is 0.800. The van der Waals surface area contributed by atoms with Crippen molar-refractivity contribution in [1.82, 2.24) is 9.21 Å². The van der Waals surface area contributed by atoms with Crippen molar-refractivity contribution in [3.05, 3.63) is 0 Å². The van der Waals surface area contributed by atoms with Crippen LogP contribution in [0.25, 0.3) is 0 Å². The van der Waals surface area contributed by atoms with Crippen LogP contribution >= 0.6 is 0 Å². The molecule has 1 rings (SSSR count). The molecule has 1 saturated heterocycles. The number of rotatable bonds is 3. The summed E-state index contributed by atoms with van der Waals surface area (Å²) in [6, 6.07) is 1.97. The van der Waals surface area contributed by atoms with Crippen molar-refractivity contribution in [2.24, 2.45) is 5.92 Å². The van der Waals surface area contributed by atoms with Crippen LogP contribution in [0.2, 0.25) is 0 Å². The summed E-state index contributed by atoms with van der Waals surface area (Å²) in [5, 5.41) is 8.80. The van der Waals surface area contributed by atoms with Crippen molar-refractivity contribution in [2.45, 2.75) is 13.3 Å². The minimum absolute atomic E-state index is 0.192. The lowest BCUT2D eigenvalue weighted by molar-refractivity contribution is -0.135. The Bertz CT molecular complexity index is 419. The van der Waals surface area contributed by atoms with Gasteiger partial charge in [0.1, 0.15) is 5.92 Å². The molecule has 0 aromatic rings. The molecular weight excluding hydrogens is 242 g/mol. The van der Waals surface area contributed by atoms with Gasteiger partial charge in [0.25, 0.3) is 0 Å². The molecule has 0 bridgehead atoms. The topological polar surface area (TPSA) is 81.5 Å². The van der Waals surface area contributed by atoms with Crippen molar-refractivity contribution in [2.75, 3.05) is 32.4 Å². The van der Waals surface area contributed by atoms with E-state index in [2.05, 4.69) is 0 Å². The molecular formula is C10H17N3O3S. The molecule has 1 amide bonds. The third kappa shape index (κ3) is 3.41. The SMILES string of the molecule is CCC(C#N)C(=O)N1CCN(S(C)(=O)=O)CC1. The molecule has 0 aromatic heterocycles. The Labute approximate surface area is 102 Å². The minimum Gasteiger partial charge on any atom is -0.339 e. The van der Waals surface area contributed by atoms with Crippen LogP contribution in [0, 0.1) is 17.2 Å². The van der Waals surface area contributed by atoms with Gasteiger partial charge >= 0.3 is 0 Å². The lowest BCUT2D eigenvalue weighted by Crippen LogP contribution is -2.51. The van der Waals surface area contributed by atoms with E-state index >= 15 is 0 Å². The molecule has 17 heavy (non-hydrogen) atoms. The monoisotopic (exact) mass is 259 g/mol. The second-order valence-electron chi connectivity index (χ2n) is 4.08. The van der Waals surface area contributed by atoms with Crippen LogP contribution in [-0.2, 0) is 14.8 Å². The molecule has 1 fully saturated rings. The van der Waals surface area contributed by atoms with Gasteiger partial charge in [0.15, 0.2) is 0 Å². The lowest BCUT2D eigenvalue weighted by atomic mass is 10.1. The largest absolute Gasteiger partial charge is 0.339 e. The number of nitriles is 1. The number of piperazine rings is 1. The summed E-state index contributed by atoms with van der Waals surface area (Å²) in [6.07, 6.45) is 1.65. The van der Waals surface area contributed by atoms with E-state index in [1.807, 2.05) is 6.07 Å². The molecule has 1 aliphatic heterocycles. The smallest absolute Gasteiger partial charge is 0.240 e. The standard InChI is InChI=1S/C10H17N3O3S/c1-3-9(8-11)10(14)12-4-6-13(7-5-12)17(2,15)16/h9H,3-7H2,1-2H3. The molecule has 0 radical (unpaired) electrons. The van der Waals surface area contributed by atoms with Gasteiger partial charge in [-0.3, -0.25) is 4.79 Å². The van der Waals surface area contributed by atoms with Crippen molar-refractivity contribution < 1.29 is 13.2 Å². The molecule has 0 saturated carbocycles. The normalized spacial score (nSPS) is 19.7. The van der Waals surface area contributed by atoms with Crippen molar-refractivity contribution in [1.29, 1.82) is 5.26 Å². The molecule has 0 aromatic carbocycles. The number of hydrogen-bond acceptors (Lipinski definition) is 4. The third-order valence-corrected chi connectivity index (χ3v) is 4.18. The molecule has 0 spiro atoms. The van der Waals surface area contributed by atoms with Crippen LogP contribution in [0.1, 0.15) is 13.3 Å². The van der Waals surface area contributed by atoms with E-state index in [4.69, 9.17) is 5.26 Å². The summed E-state index contributed by atoms with van der Waals surface area (Å²) in [4.78, 5) is 13.4. The second-order valence-corrected chi connectivity index (χ2v) is 6.06. The summed E-state index contributed by atoms with van der Waals surface area (Å²) in [6.45, 7) is 3.14. The van der Waals surface area contributed by atoms with Crippen LogP contribution in [0.4, 0.5) is 0 Å². The predicted molar refractivity (Wildman–Crippen MR) is 62.4 cm³/mol. The summed E-state index contributed by atoms with van der Waals surface area (Å²) in [5.74, 6) is -0.803. The Morgan fingerprint density at radius 1 is 1.35 bits per heavy atom. The molecule has 1 unspecified atom stereocenters. The van der Waals surface area contributed by atoms with Gasteiger partial charge in [-0.1, -0.05) is 6.92 Å². The highest BCUT2D eigenvalue weighted by atomic mass is 32.2. The van der Waals surface area contributed by atoms with Gasteiger partial charge in [0.2, 0.25) is 15.9 Å². The van der Waals surface area contributed by atoms with E-state index in [0.717, 1.165) is 6.26 Å². The highest BCUT2D eigenvalue weighted by molar-refractivity contribution is 7.88. The summed E-state index contributed by atoms with van der Waals surface area (Å²) >= 11 is 0. The Kier molecular flexibility index (Phi) is 4.48. The first-order chi connectivity index (χ1) is 7.90.